The number of benzene rings is 2. The first-order chi connectivity index (χ1) is 15.1. The van der Waals surface area contributed by atoms with Gasteiger partial charge in [-0.25, -0.2) is 0 Å². The van der Waals surface area contributed by atoms with Crippen molar-refractivity contribution < 1.29 is 9.72 Å². The molecule has 2 N–H and O–H groups in total. The number of ketones is 1. The minimum Gasteiger partial charge on any atom is -0.384 e. The molecule has 2 aliphatic rings. The number of nitro groups is 1. The number of Topliss-reactive ketones (excluding diaryl/α,β-unsaturated/α-hetero) is 1. The molecule has 0 saturated heterocycles. The number of nitriles is 1. The van der Waals surface area contributed by atoms with Crippen LogP contribution in [0.1, 0.15) is 43.7 Å². The van der Waals surface area contributed by atoms with Crippen LogP contribution in [0.3, 0.4) is 0 Å². The minimum absolute atomic E-state index is 0.0642. The Kier molecular flexibility index (Phi) is 5.09. The molecule has 0 saturated carbocycles. The number of nitro benzene ring substituents is 1. The van der Waals surface area contributed by atoms with E-state index in [-0.39, 0.29) is 28.3 Å². The topological polar surface area (TPSA) is 113 Å². The molecule has 1 aliphatic heterocycles. The zero-order valence-corrected chi connectivity index (χ0v) is 18.3. The molecule has 0 fully saturated rings. The van der Waals surface area contributed by atoms with Crippen LogP contribution in [-0.2, 0) is 4.79 Å². The van der Waals surface area contributed by atoms with Crippen LogP contribution >= 0.6 is 0 Å². The van der Waals surface area contributed by atoms with Crippen LogP contribution in [0.25, 0.3) is 0 Å². The van der Waals surface area contributed by atoms with Crippen molar-refractivity contribution in [3.8, 4) is 6.07 Å². The summed E-state index contributed by atoms with van der Waals surface area (Å²) in [5.41, 5.74) is 10.0. The van der Waals surface area contributed by atoms with Gasteiger partial charge in [0.25, 0.3) is 5.69 Å². The van der Waals surface area contributed by atoms with Gasteiger partial charge in [0.15, 0.2) is 5.78 Å². The average molecular weight is 428 g/mol. The van der Waals surface area contributed by atoms with Gasteiger partial charge in [0.1, 0.15) is 5.82 Å². The molecular formula is C25H24N4O3. The van der Waals surface area contributed by atoms with Gasteiger partial charge in [-0.2, -0.15) is 5.26 Å². The van der Waals surface area contributed by atoms with Crippen LogP contribution in [-0.4, -0.2) is 10.7 Å². The number of anilines is 1. The summed E-state index contributed by atoms with van der Waals surface area (Å²) in [6, 6.07) is 16.0. The molecule has 2 aromatic rings. The van der Waals surface area contributed by atoms with Crippen LogP contribution in [0.15, 0.2) is 71.2 Å². The first-order valence-corrected chi connectivity index (χ1v) is 10.4. The lowest BCUT2D eigenvalue weighted by Gasteiger charge is -2.43. The van der Waals surface area contributed by atoms with Crippen molar-refractivity contribution in [1.82, 2.24) is 0 Å². The van der Waals surface area contributed by atoms with Crippen molar-refractivity contribution in [3.63, 3.8) is 0 Å². The number of nitrogens with zero attached hydrogens (tertiary/aromatic N) is 3. The van der Waals surface area contributed by atoms with E-state index in [9.17, 15) is 20.2 Å². The SMILES string of the molecule is Cc1cccc(N2C(N)=C(C#N)[C@H](c3cccc([N+](=O)[O-])c3)C3=C2CC(C)(C)CC3=O)c1. The van der Waals surface area contributed by atoms with Gasteiger partial charge in [0, 0.05) is 35.5 Å². The highest BCUT2D eigenvalue weighted by atomic mass is 16.6. The molecule has 0 aromatic heterocycles. The second-order valence-electron chi connectivity index (χ2n) is 9.17. The molecular weight excluding hydrogens is 404 g/mol. The maximum atomic E-state index is 13.5. The van der Waals surface area contributed by atoms with Gasteiger partial charge >= 0.3 is 0 Å². The second kappa shape index (κ2) is 7.65. The summed E-state index contributed by atoms with van der Waals surface area (Å²) in [5.74, 6) is -0.552. The summed E-state index contributed by atoms with van der Waals surface area (Å²) in [5, 5.41) is 21.5. The Morgan fingerprint density at radius 2 is 1.91 bits per heavy atom. The number of carbonyl (C=O) groups is 1. The van der Waals surface area contributed by atoms with Crippen LogP contribution in [0.5, 0.6) is 0 Å². The molecule has 0 spiro atoms. The Labute approximate surface area is 186 Å². The van der Waals surface area contributed by atoms with E-state index in [0.717, 1.165) is 16.9 Å². The summed E-state index contributed by atoms with van der Waals surface area (Å²) in [7, 11) is 0. The fourth-order valence-electron chi connectivity index (χ4n) is 4.72. The van der Waals surface area contributed by atoms with Crippen molar-refractivity contribution in [2.75, 3.05) is 4.90 Å². The number of aryl methyl sites for hydroxylation is 1. The third-order valence-corrected chi connectivity index (χ3v) is 6.06. The van der Waals surface area contributed by atoms with Crippen molar-refractivity contribution in [1.29, 1.82) is 5.26 Å². The third-order valence-electron chi connectivity index (χ3n) is 6.06. The number of carbonyl (C=O) groups excluding carboxylic acids is 1. The van der Waals surface area contributed by atoms with Gasteiger partial charge in [-0.3, -0.25) is 19.8 Å². The molecule has 1 heterocycles. The number of rotatable bonds is 3. The zero-order chi connectivity index (χ0) is 23.2. The summed E-state index contributed by atoms with van der Waals surface area (Å²) >= 11 is 0. The zero-order valence-electron chi connectivity index (χ0n) is 18.3. The molecule has 1 aliphatic carbocycles. The van der Waals surface area contributed by atoms with Crippen LogP contribution in [0.4, 0.5) is 11.4 Å². The Morgan fingerprint density at radius 3 is 2.56 bits per heavy atom. The van der Waals surface area contributed by atoms with Gasteiger partial charge < -0.3 is 5.73 Å². The Bertz CT molecular complexity index is 1250. The first-order valence-electron chi connectivity index (χ1n) is 10.4. The van der Waals surface area contributed by atoms with Crippen LogP contribution < -0.4 is 10.6 Å². The normalized spacial score (nSPS) is 20.1. The van der Waals surface area contributed by atoms with E-state index < -0.39 is 10.8 Å². The standard InChI is InChI=1S/C25H24N4O3/c1-15-6-4-8-17(10-15)28-20-12-25(2,3)13-21(30)23(20)22(19(14-26)24(28)27)16-7-5-9-18(11-16)29(31)32/h4-11,22H,12-13,27H2,1-3H3/t22-/m0/s1. The molecule has 7 nitrogen and oxygen atoms in total. The number of non-ortho nitro benzene ring substituents is 1. The molecule has 4 rings (SSSR count). The number of hydrogen-bond acceptors (Lipinski definition) is 6. The van der Waals surface area contributed by atoms with E-state index in [0.29, 0.717) is 24.0 Å². The van der Waals surface area contributed by atoms with E-state index in [2.05, 4.69) is 6.07 Å². The molecule has 0 amide bonds. The smallest absolute Gasteiger partial charge is 0.269 e. The van der Waals surface area contributed by atoms with E-state index in [1.165, 1.54) is 12.1 Å². The quantitative estimate of drug-likeness (QED) is 0.552. The van der Waals surface area contributed by atoms with Crippen molar-refractivity contribution in [3.05, 3.63) is 92.4 Å². The third kappa shape index (κ3) is 3.54. The fourth-order valence-corrected chi connectivity index (χ4v) is 4.72. The Hall–Kier alpha value is -3.92. The van der Waals surface area contributed by atoms with Crippen LogP contribution in [0.2, 0.25) is 0 Å². The second-order valence-corrected chi connectivity index (χ2v) is 9.17. The summed E-state index contributed by atoms with van der Waals surface area (Å²) in [4.78, 5) is 26.2. The summed E-state index contributed by atoms with van der Waals surface area (Å²) < 4.78 is 0. The fraction of sp³-hybridized carbons (Fsp3) is 0.280. The lowest BCUT2D eigenvalue weighted by molar-refractivity contribution is -0.384. The maximum absolute atomic E-state index is 13.5. The van der Waals surface area contributed by atoms with Gasteiger partial charge in [0.2, 0.25) is 0 Å². The minimum atomic E-state index is -0.737. The molecule has 162 valence electrons. The van der Waals surface area contributed by atoms with E-state index in [1.54, 1.807) is 12.1 Å². The van der Waals surface area contributed by atoms with Gasteiger partial charge in [-0.1, -0.05) is 38.1 Å². The Balaban J connectivity index is 2.01. The number of nitrogens with two attached hydrogens (primary N) is 1. The van der Waals surface area contributed by atoms with Crippen LogP contribution in [0, 0.1) is 33.8 Å². The highest BCUT2D eigenvalue weighted by Gasteiger charge is 2.44. The number of allylic oxidation sites excluding steroid dienone is 3. The lowest BCUT2D eigenvalue weighted by Crippen LogP contribution is -2.42. The van der Waals surface area contributed by atoms with E-state index in [4.69, 9.17) is 5.73 Å². The Morgan fingerprint density at radius 1 is 1.19 bits per heavy atom. The highest BCUT2D eigenvalue weighted by Crippen LogP contribution is 2.50. The summed E-state index contributed by atoms with van der Waals surface area (Å²) in [6.07, 6.45) is 0.921. The lowest BCUT2D eigenvalue weighted by atomic mass is 9.68. The first kappa shape index (κ1) is 21.3. The van der Waals surface area contributed by atoms with Gasteiger partial charge in [-0.05, 0) is 42.0 Å². The summed E-state index contributed by atoms with van der Waals surface area (Å²) in [6.45, 7) is 6.03. The highest BCUT2D eigenvalue weighted by molar-refractivity contribution is 6.01. The van der Waals surface area contributed by atoms with Gasteiger partial charge in [-0.15, -0.1) is 0 Å². The van der Waals surface area contributed by atoms with Gasteiger partial charge in [0.05, 0.1) is 22.5 Å². The molecule has 32 heavy (non-hydrogen) atoms. The maximum Gasteiger partial charge on any atom is 0.269 e. The largest absolute Gasteiger partial charge is 0.384 e. The molecule has 1 atom stereocenters. The van der Waals surface area contributed by atoms with Crippen molar-refractivity contribution >= 4 is 17.2 Å². The molecule has 0 radical (unpaired) electrons. The molecule has 2 aromatic carbocycles. The monoisotopic (exact) mass is 428 g/mol. The van der Waals surface area contributed by atoms with Crippen molar-refractivity contribution in [2.24, 2.45) is 11.1 Å². The average Bonchev–Trinajstić information content (AvgIpc) is 2.72. The molecule has 7 heteroatoms. The van der Waals surface area contributed by atoms with E-state index >= 15 is 0 Å². The molecule has 0 bridgehead atoms. The van der Waals surface area contributed by atoms with Crippen molar-refractivity contribution in [2.45, 2.75) is 39.5 Å². The molecule has 0 unspecified atom stereocenters. The predicted molar refractivity (Wildman–Crippen MR) is 121 cm³/mol. The van der Waals surface area contributed by atoms with E-state index in [1.807, 2.05) is 49.9 Å². The predicted octanol–water partition coefficient (Wildman–Crippen LogP) is 4.84. The number of hydrogen-bond donors (Lipinski definition) is 1.